The molecule has 0 aliphatic carbocycles. The second-order valence-electron chi connectivity index (χ2n) is 2.49. The highest BCUT2D eigenvalue weighted by Crippen LogP contribution is 2.09. The predicted molar refractivity (Wildman–Crippen MR) is 46.0 cm³/mol. The van der Waals surface area contributed by atoms with Gasteiger partial charge in [0.15, 0.2) is 0 Å². The van der Waals surface area contributed by atoms with Crippen LogP contribution in [0.3, 0.4) is 0 Å². The Balaban J connectivity index is 3.20. The third-order valence-corrected chi connectivity index (χ3v) is 2.54. The van der Waals surface area contributed by atoms with E-state index in [1.54, 1.807) is 24.3 Å². The molecule has 0 saturated heterocycles. The Bertz CT molecular complexity index is 337. The van der Waals surface area contributed by atoms with Crippen molar-refractivity contribution < 1.29 is 4.21 Å². The zero-order chi connectivity index (χ0) is 8.48. The maximum atomic E-state index is 11.1. The van der Waals surface area contributed by atoms with Crippen molar-refractivity contribution in [1.29, 1.82) is 4.78 Å². The Kier molecular flexibility index (Phi) is 2.00. The molecule has 2 nitrogen and oxygen atoms in total. The van der Waals surface area contributed by atoms with E-state index in [-0.39, 0.29) is 0 Å². The molecule has 11 heavy (non-hydrogen) atoms. The molecule has 0 aromatic heterocycles. The Hall–Kier alpha value is -0.830. The Labute approximate surface area is 67.2 Å². The normalized spacial score (nSPS) is 15.8. The lowest BCUT2D eigenvalue weighted by atomic mass is 10.2. The molecule has 1 rings (SSSR count). The molecule has 3 heteroatoms. The molecule has 0 heterocycles. The van der Waals surface area contributed by atoms with Crippen LogP contribution in [-0.4, -0.2) is 10.5 Å². The molecule has 1 radical (unpaired) electrons. The summed E-state index contributed by atoms with van der Waals surface area (Å²) in [4.78, 5) is 0.560. The predicted octanol–water partition coefficient (Wildman–Crippen LogP) is 1.90. The first-order valence-electron chi connectivity index (χ1n) is 3.16. The van der Waals surface area contributed by atoms with Gasteiger partial charge in [-0.25, -0.2) is 8.99 Å². The fraction of sp³-hybridized carbons (Fsp3) is 0.125. The number of benzene rings is 1. The van der Waals surface area contributed by atoms with Crippen molar-refractivity contribution in [3.05, 3.63) is 36.8 Å². The van der Waals surface area contributed by atoms with Crippen molar-refractivity contribution in [3.63, 3.8) is 0 Å². The summed E-state index contributed by atoms with van der Waals surface area (Å²) < 4.78 is 18.4. The third-order valence-electron chi connectivity index (χ3n) is 1.37. The summed E-state index contributed by atoms with van der Waals surface area (Å²) in [6.07, 6.45) is 1.41. The third kappa shape index (κ3) is 2.05. The molecule has 0 aliphatic rings. The van der Waals surface area contributed by atoms with E-state index in [4.69, 9.17) is 4.78 Å². The second kappa shape index (κ2) is 2.66. The van der Waals surface area contributed by atoms with Crippen LogP contribution in [0.2, 0.25) is 0 Å². The average molecular weight is 168 g/mol. The first-order valence-corrected chi connectivity index (χ1v) is 5.12. The van der Waals surface area contributed by atoms with Crippen LogP contribution in [-0.2, 0) is 9.73 Å². The van der Waals surface area contributed by atoms with E-state index >= 15 is 0 Å². The molecule has 1 aromatic carbocycles. The molecule has 0 saturated carbocycles. The zero-order valence-corrected chi connectivity index (χ0v) is 7.15. The first kappa shape index (κ1) is 8.27. The Morgan fingerprint density at radius 2 is 1.82 bits per heavy atom. The molecule has 0 aliphatic heterocycles. The van der Waals surface area contributed by atoms with Gasteiger partial charge in [0.05, 0.1) is 9.73 Å². The van der Waals surface area contributed by atoms with Crippen molar-refractivity contribution in [3.8, 4) is 0 Å². The minimum absolute atomic E-state index is 0.560. The van der Waals surface area contributed by atoms with E-state index < -0.39 is 9.73 Å². The minimum Gasteiger partial charge on any atom is -0.249 e. The van der Waals surface area contributed by atoms with E-state index in [2.05, 4.69) is 6.92 Å². The molecule has 1 unspecified atom stereocenters. The fourth-order valence-electron chi connectivity index (χ4n) is 0.749. The van der Waals surface area contributed by atoms with E-state index in [1.165, 1.54) is 6.26 Å². The highest BCUT2D eigenvalue weighted by molar-refractivity contribution is 7.91. The van der Waals surface area contributed by atoms with Crippen molar-refractivity contribution in [1.82, 2.24) is 0 Å². The molecule has 0 fully saturated rings. The van der Waals surface area contributed by atoms with Gasteiger partial charge < -0.3 is 0 Å². The van der Waals surface area contributed by atoms with Gasteiger partial charge in [-0.1, -0.05) is 12.1 Å². The van der Waals surface area contributed by atoms with Gasteiger partial charge in [-0.3, -0.25) is 0 Å². The van der Waals surface area contributed by atoms with Crippen LogP contribution in [0.15, 0.2) is 29.2 Å². The summed E-state index contributed by atoms with van der Waals surface area (Å²) in [5.74, 6) is 0. The van der Waals surface area contributed by atoms with E-state index in [9.17, 15) is 4.21 Å². The van der Waals surface area contributed by atoms with Crippen LogP contribution in [0, 0.1) is 11.7 Å². The quantitative estimate of drug-likeness (QED) is 0.683. The molecular formula is C8H10NOS. The van der Waals surface area contributed by atoms with Gasteiger partial charge in [0.2, 0.25) is 0 Å². The average Bonchev–Trinajstić information content (AvgIpc) is 1.86. The highest BCUT2D eigenvalue weighted by Gasteiger charge is 2.00. The Morgan fingerprint density at radius 1 is 1.36 bits per heavy atom. The summed E-state index contributed by atoms with van der Waals surface area (Å²) in [7, 11) is -2.55. The van der Waals surface area contributed by atoms with E-state index in [0.717, 1.165) is 5.56 Å². The van der Waals surface area contributed by atoms with Gasteiger partial charge >= 0.3 is 0 Å². The van der Waals surface area contributed by atoms with Gasteiger partial charge in [-0.15, -0.1) is 0 Å². The van der Waals surface area contributed by atoms with Gasteiger partial charge in [0.1, 0.15) is 0 Å². The zero-order valence-electron chi connectivity index (χ0n) is 6.33. The maximum absolute atomic E-state index is 11.1. The van der Waals surface area contributed by atoms with Gasteiger partial charge in [-0.2, -0.15) is 0 Å². The van der Waals surface area contributed by atoms with Crippen LogP contribution in [0.5, 0.6) is 0 Å². The summed E-state index contributed by atoms with van der Waals surface area (Å²) in [5.41, 5.74) is 0.873. The summed E-state index contributed by atoms with van der Waals surface area (Å²) >= 11 is 0. The lowest BCUT2D eigenvalue weighted by molar-refractivity contribution is 0.679. The molecule has 0 bridgehead atoms. The summed E-state index contributed by atoms with van der Waals surface area (Å²) in [5, 5.41) is 0. The maximum Gasteiger partial charge on any atom is 0.0696 e. The first-order chi connectivity index (χ1) is 5.00. The molecule has 1 N–H and O–H groups in total. The SMILES string of the molecule is [CH2]c1ccc(S(C)(=N)=O)cc1. The van der Waals surface area contributed by atoms with E-state index in [0.29, 0.717) is 4.90 Å². The molecule has 0 spiro atoms. The molecule has 59 valence electrons. The topological polar surface area (TPSA) is 40.9 Å². The lowest BCUT2D eigenvalue weighted by Gasteiger charge is -1.99. The van der Waals surface area contributed by atoms with Crippen molar-refractivity contribution in [2.24, 2.45) is 0 Å². The monoisotopic (exact) mass is 168 g/mol. The smallest absolute Gasteiger partial charge is 0.0696 e. The molecule has 1 atom stereocenters. The summed E-state index contributed by atoms with van der Waals surface area (Å²) in [6, 6.07) is 6.87. The fourth-order valence-corrected chi connectivity index (χ4v) is 1.40. The van der Waals surface area contributed by atoms with Crippen LogP contribution in [0.1, 0.15) is 5.56 Å². The van der Waals surface area contributed by atoms with Gasteiger partial charge in [0, 0.05) is 11.2 Å². The van der Waals surface area contributed by atoms with Gasteiger partial charge in [0.25, 0.3) is 0 Å². The molecule has 1 aromatic rings. The second-order valence-corrected chi connectivity index (χ2v) is 4.65. The van der Waals surface area contributed by atoms with Crippen molar-refractivity contribution >= 4 is 9.73 Å². The Morgan fingerprint density at radius 3 is 2.18 bits per heavy atom. The standard InChI is InChI=1S/C8H10NOS/c1-7-3-5-8(6-4-7)11(2,9)10/h3-6,9H,1H2,2H3. The molecular weight excluding hydrogens is 158 g/mol. The lowest BCUT2D eigenvalue weighted by Crippen LogP contribution is -1.93. The summed E-state index contributed by atoms with van der Waals surface area (Å²) in [6.45, 7) is 3.69. The van der Waals surface area contributed by atoms with Crippen LogP contribution in [0.4, 0.5) is 0 Å². The van der Waals surface area contributed by atoms with Crippen molar-refractivity contribution in [2.45, 2.75) is 4.90 Å². The van der Waals surface area contributed by atoms with Gasteiger partial charge in [-0.05, 0) is 24.6 Å². The van der Waals surface area contributed by atoms with E-state index in [1.807, 2.05) is 0 Å². The number of hydrogen-bond donors (Lipinski definition) is 1. The molecule has 0 amide bonds. The van der Waals surface area contributed by atoms with Crippen LogP contribution >= 0.6 is 0 Å². The number of nitrogens with one attached hydrogen (secondary N) is 1. The van der Waals surface area contributed by atoms with Crippen LogP contribution < -0.4 is 0 Å². The number of hydrogen-bond acceptors (Lipinski definition) is 2. The highest BCUT2D eigenvalue weighted by atomic mass is 32.2. The van der Waals surface area contributed by atoms with Crippen LogP contribution in [0.25, 0.3) is 0 Å². The van der Waals surface area contributed by atoms with Crippen molar-refractivity contribution in [2.75, 3.05) is 6.26 Å². The minimum atomic E-state index is -2.55. The number of rotatable bonds is 1. The largest absolute Gasteiger partial charge is 0.249 e.